The highest BCUT2D eigenvalue weighted by molar-refractivity contribution is 8.08. The molecule has 1 aromatic heterocycles. The van der Waals surface area contributed by atoms with E-state index in [1.165, 1.54) is 30.6 Å². The fourth-order valence-corrected chi connectivity index (χ4v) is 5.33. The van der Waals surface area contributed by atoms with Gasteiger partial charge in [-0.25, -0.2) is 0 Å². The normalized spacial score (nSPS) is 18.1. The van der Waals surface area contributed by atoms with E-state index in [1.54, 1.807) is 31.4 Å². The lowest BCUT2D eigenvalue weighted by Crippen LogP contribution is -2.20. The Morgan fingerprint density at radius 1 is 1.29 bits per heavy atom. The Balaban J connectivity index is 2.27. The van der Waals surface area contributed by atoms with Crippen LogP contribution in [0.1, 0.15) is 38.7 Å². The van der Waals surface area contributed by atoms with Gasteiger partial charge in [-0.1, -0.05) is 18.9 Å². The first-order chi connectivity index (χ1) is 8.24. The molecule has 0 nitrogen and oxygen atoms in total. The van der Waals surface area contributed by atoms with E-state index in [-0.39, 0.29) is 0 Å². The number of aryl methyl sites for hydroxylation is 1. The summed E-state index contributed by atoms with van der Waals surface area (Å²) in [6.07, 6.45) is 3.87. The highest BCUT2D eigenvalue weighted by atomic mass is 32.2. The van der Waals surface area contributed by atoms with Crippen LogP contribution in [-0.4, -0.2) is 5.75 Å². The average Bonchev–Trinajstić information content (AvgIpc) is 2.93. The van der Waals surface area contributed by atoms with Crippen LogP contribution in [0.15, 0.2) is 16.5 Å². The first-order valence-corrected chi connectivity index (χ1v) is 8.25. The minimum Gasteiger partial charge on any atom is -0.142 e. The molecule has 90 valence electrons. The molecule has 0 atom stereocenters. The van der Waals surface area contributed by atoms with Crippen molar-refractivity contribution in [3.05, 3.63) is 31.8 Å². The van der Waals surface area contributed by atoms with Gasteiger partial charge in [0.15, 0.2) is 0 Å². The van der Waals surface area contributed by atoms with E-state index in [0.717, 1.165) is 0 Å². The van der Waals surface area contributed by atoms with Crippen molar-refractivity contribution in [3.8, 4) is 0 Å². The van der Waals surface area contributed by atoms with Gasteiger partial charge in [0, 0.05) is 20.4 Å². The van der Waals surface area contributed by atoms with Gasteiger partial charge >= 0.3 is 0 Å². The minimum atomic E-state index is 1.21. The van der Waals surface area contributed by atoms with Gasteiger partial charge in [-0.2, -0.15) is 0 Å². The number of thiophene rings is 1. The Hall–Kier alpha value is -0.470. The Labute approximate surface area is 111 Å². The molecule has 0 fully saturated rings. The molecule has 1 aliphatic heterocycles. The molecule has 2 heteroatoms. The maximum Gasteiger partial charge on any atom is 0.0490 e. The Morgan fingerprint density at radius 2 is 2.12 bits per heavy atom. The summed E-state index contributed by atoms with van der Waals surface area (Å²) < 4.78 is 1.56. The van der Waals surface area contributed by atoms with Gasteiger partial charge in [0.25, 0.3) is 0 Å². The summed E-state index contributed by atoms with van der Waals surface area (Å²) in [6, 6.07) is 0. The van der Waals surface area contributed by atoms with Crippen molar-refractivity contribution in [1.29, 1.82) is 0 Å². The highest BCUT2D eigenvalue weighted by Crippen LogP contribution is 2.44. The van der Waals surface area contributed by atoms with Crippen LogP contribution in [-0.2, 0) is 0 Å². The van der Waals surface area contributed by atoms with E-state index < -0.39 is 0 Å². The van der Waals surface area contributed by atoms with Gasteiger partial charge in [0.1, 0.15) is 0 Å². The third-order valence-electron chi connectivity index (χ3n) is 3.65. The van der Waals surface area contributed by atoms with Crippen molar-refractivity contribution in [1.82, 2.24) is 0 Å². The van der Waals surface area contributed by atoms with E-state index in [4.69, 9.17) is 0 Å². The molecule has 0 amide bonds. The van der Waals surface area contributed by atoms with Gasteiger partial charge in [0.05, 0.1) is 0 Å². The molecule has 2 heterocycles. The molecular formula is C15H18S2. The summed E-state index contributed by atoms with van der Waals surface area (Å²) in [6.45, 7) is 6.86. The third kappa shape index (κ3) is 1.65. The zero-order valence-electron chi connectivity index (χ0n) is 10.7. The number of unbranched alkanes of at least 4 members (excludes halogenated alkanes) is 1. The predicted molar refractivity (Wildman–Crippen MR) is 79.8 cm³/mol. The molecule has 0 radical (unpaired) electrons. The minimum absolute atomic E-state index is 1.21. The lowest BCUT2D eigenvalue weighted by atomic mass is 9.98. The van der Waals surface area contributed by atoms with Crippen LogP contribution in [0.4, 0.5) is 0 Å². The Bertz CT molecular complexity index is 614. The van der Waals surface area contributed by atoms with Crippen molar-refractivity contribution < 1.29 is 0 Å². The van der Waals surface area contributed by atoms with Crippen LogP contribution in [0.3, 0.4) is 0 Å². The standard InChI is InChI=1S/C15H18S2/c1-4-5-6-11-12-9(2)7-16-14(12)15-13(11)10(3)8-17-15/h7H,4-6,8H2,1-3H3. The van der Waals surface area contributed by atoms with Crippen LogP contribution >= 0.6 is 23.1 Å². The zero-order valence-corrected chi connectivity index (χ0v) is 12.4. The molecule has 1 aromatic rings. The molecule has 3 rings (SSSR count). The molecule has 0 saturated heterocycles. The van der Waals surface area contributed by atoms with E-state index >= 15 is 0 Å². The predicted octanol–water partition coefficient (Wildman–Crippen LogP) is 3.58. The molecule has 0 aromatic carbocycles. The zero-order chi connectivity index (χ0) is 12.0. The maximum atomic E-state index is 2.33. The molecular weight excluding hydrogens is 244 g/mol. The lowest BCUT2D eigenvalue weighted by Gasteiger charge is -2.07. The first kappa shape index (κ1) is 11.6. The van der Waals surface area contributed by atoms with Crippen LogP contribution < -0.4 is 9.75 Å². The average molecular weight is 262 g/mol. The number of hydrogen-bond donors (Lipinski definition) is 0. The summed E-state index contributed by atoms with van der Waals surface area (Å²) in [5, 5.41) is 3.91. The van der Waals surface area contributed by atoms with E-state index in [2.05, 4.69) is 26.2 Å². The molecule has 0 N–H and O–H groups in total. The number of fused-ring (bicyclic) bond motifs is 2. The van der Waals surface area contributed by atoms with Crippen LogP contribution in [0, 0.1) is 6.92 Å². The summed E-state index contributed by atoms with van der Waals surface area (Å²) >= 11 is 3.99. The monoisotopic (exact) mass is 262 g/mol. The molecule has 0 spiro atoms. The number of rotatable bonds is 3. The molecule has 17 heavy (non-hydrogen) atoms. The van der Waals surface area contributed by atoms with Gasteiger partial charge in [0.2, 0.25) is 0 Å². The fourth-order valence-electron chi connectivity index (χ4n) is 2.81. The molecule has 0 bridgehead atoms. The van der Waals surface area contributed by atoms with Crippen LogP contribution in [0.25, 0.3) is 10.5 Å². The lowest BCUT2D eigenvalue weighted by molar-refractivity contribution is 0.822. The number of thioether (sulfide) groups is 1. The second-order valence-corrected chi connectivity index (χ2v) is 6.84. The van der Waals surface area contributed by atoms with Crippen molar-refractivity contribution in [2.75, 3.05) is 5.75 Å². The van der Waals surface area contributed by atoms with E-state index in [1.807, 2.05) is 23.1 Å². The summed E-state index contributed by atoms with van der Waals surface area (Å²) in [4.78, 5) is 1.58. The Morgan fingerprint density at radius 3 is 2.88 bits per heavy atom. The second kappa shape index (κ2) is 4.33. The molecule has 0 saturated carbocycles. The largest absolute Gasteiger partial charge is 0.142 e. The number of hydrogen-bond acceptors (Lipinski definition) is 2. The summed E-state index contributed by atoms with van der Waals surface area (Å²) in [5.74, 6) is 1.21. The highest BCUT2D eigenvalue weighted by Gasteiger charge is 2.27. The molecule has 1 aliphatic carbocycles. The van der Waals surface area contributed by atoms with Gasteiger partial charge in [-0.3, -0.25) is 0 Å². The molecule has 2 aliphatic rings. The summed E-state index contributed by atoms with van der Waals surface area (Å²) in [5.41, 5.74) is 6.35. The van der Waals surface area contributed by atoms with Gasteiger partial charge in [-0.05, 0) is 48.8 Å². The van der Waals surface area contributed by atoms with Crippen molar-refractivity contribution in [3.63, 3.8) is 0 Å². The van der Waals surface area contributed by atoms with Crippen LogP contribution in [0.5, 0.6) is 0 Å². The van der Waals surface area contributed by atoms with Gasteiger partial charge < -0.3 is 0 Å². The topological polar surface area (TPSA) is 0 Å². The smallest absolute Gasteiger partial charge is 0.0490 e. The van der Waals surface area contributed by atoms with Crippen LogP contribution in [0.2, 0.25) is 0 Å². The van der Waals surface area contributed by atoms with Crippen molar-refractivity contribution in [2.45, 2.75) is 40.0 Å². The quantitative estimate of drug-likeness (QED) is 0.802. The van der Waals surface area contributed by atoms with E-state index in [0.29, 0.717) is 0 Å². The molecule has 0 unspecified atom stereocenters. The van der Waals surface area contributed by atoms with Crippen molar-refractivity contribution >= 4 is 33.6 Å². The van der Waals surface area contributed by atoms with Gasteiger partial charge in [-0.15, -0.1) is 23.1 Å². The van der Waals surface area contributed by atoms with E-state index in [9.17, 15) is 0 Å². The Kier molecular flexibility index (Phi) is 2.95. The summed E-state index contributed by atoms with van der Waals surface area (Å²) in [7, 11) is 0. The fraction of sp³-hybridized carbons (Fsp3) is 0.467. The SMILES string of the molecule is CCCCC1=c2c(C)csc2=C2SCC(C)=C21. The maximum absolute atomic E-state index is 2.33. The van der Waals surface area contributed by atoms with Crippen molar-refractivity contribution in [2.24, 2.45) is 0 Å². The first-order valence-electron chi connectivity index (χ1n) is 6.39. The second-order valence-electron chi connectivity index (χ2n) is 4.98. The third-order valence-corrected chi connectivity index (χ3v) is 6.17.